The third-order valence-electron chi connectivity index (χ3n) is 3.17. The number of hydrogen-bond acceptors (Lipinski definition) is 4. The average Bonchev–Trinajstić information content (AvgIpc) is 2.84. The van der Waals surface area contributed by atoms with Gasteiger partial charge >= 0.3 is 5.97 Å². The number of halogens is 1. The van der Waals surface area contributed by atoms with Crippen LogP contribution in [0.25, 0.3) is 10.1 Å². The van der Waals surface area contributed by atoms with Gasteiger partial charge in [-0.25, -0.2) is 9.18 Å². The van der Waals surface area contributed by atoms with Crippen LogP contribution in [0.5, 0.6) is 0 Å². The summed E-state index contributed by atoms with van der Waals surface area (Å²) >= 11 is 1.25. The van der Waals surface area contributed by atoms with Crippen molar-refractivity contribution in [3.63, 3.8) is 0 Å². The molecule has 106 valence electrons. The molecule has 3 nitrogen and oxygen atoms in total. The number of rotatable bonds is 3. The lowest BCUT2D eigenvalue weighted by Gasteiger charge is -2.03. The maximum absolute atomic E-state index is 13.8. The van der Waals surface area contributed by atoms with Gasteiger partial charge in [-0.05, 0) is 36.8 Å². The number of ether oxygens (including phenoxy) is 1. The number of carbonyl (C=O) groups is 1. The molecule has 0 aliphatic heterocycles. The number of benzene rings is 1. The van der Waals surface area contributed by atoms with Crippen molar-refractivity contribution >= 4 is 27.4 Å². The van der Waals surface area contributed by atoms with Crippen LogP contribution < -0.4 is 0 Å². The average molecular weight is 301 g/mol. The van der Waals surface area contributed by atoms with Crippen molar-refractivity contribution in [3.05, 3.63) is 64.5 Å². The van der Waals surface area contributed by atoms with Crippen LogP contribution in [0.3, 0.4) is 0 Å². The van der Waals surface area contributed by atoms with Gasteiger partial charge in [0, 0.05) is 16.3 Å². The zero-order chi connectivity index (χ0) is 14.8. The van der Waals surface area contributed by atoms with Crippen molar-refractivity contribution in [2.24, 2.45) is 0 Å². The smallest absolute Gasteiger partial charge is 0.349 e. The summed E-state index contributed by atoms with van der Waals surface area (Å²) in [6.07, 6.45) is 1.64. The van der Waals surface area contributed by atoms with E-state index in [0.717, 1.165) is 4.70 Å². The molecule has 5 heteroatoms. The molecule has 0 atom stereocenters. The van der Waals surface area contributed by atoms with E-state index >= 15 is 0 Å². The van der Waals surface area contributed by atoms with Crippen LogP contribution in [0, 0.1) is 12.7 Å². The van der Waals surface area contributed by atoms with Gasteiger partial charge in [-0.2, -0.15) is 0 Å². The van der Waals surface area contributed by atoms with E-state index in [1.807, 2.05) is 6.07 Å². The molecule has 0 aliphatic rings. The van der Waals surface area contributed by atoms with Crippen LogP contribution in [-0.4, -0.2) is 11.0 Å². The molecule has 0 aliphatic carbocycles. The van der Waals surface area contributed by atoms with Crippen molar-refractivity contribution in [3.8, 4) is 0 Å². The SMILES string of the molecule is Cc1c(C(=O)OCc2ccccn2)sc2cccc(F)c12. The van der Waals surface area contributed by atoms with Gasteiger partial charge in [0.2, 0.25) is 0 Å². The molecule has 0 N–H and O–H groups in total. The lowest BCUT2D eigenvalue weighted by molar-refractivity contribution is 0.0473. The number of hydrogen-bond donors (Lipinski definition) is 0. The van der Waals surface area contributed by atoms with Crippen LogP contribution in [-0.2, 0) is 11.3 Å². The van der Waals surface area contributed by atoms with E-state index in [-0.39, 0.29) is 12.4 Å². The number of esters is 1. The monoisotopic (exact) mass is 301 g/mol. The summed E-state index contributed by atoms with van der Waals surface area (Å²) in [6.45, 7) is 1.84. The second kappa shape index (κ2) is 5.61. The number of nitrogens with zero attached hydrogens (tertiary/aromatic N) is 1. The lowest BCUT2D eigenvalue weighted by atomic mass is 10.1. The topological polar surface area (TPSA) is 39.2 Å². The Balaban J connectivity index is 1.85. The number of pyridine rings is 1. The highest BCUT2D eigenvalue weighted by molar-refractivity contribution is 7.21. The lowest BCUT2D eigenvalue weighted by Crippen LogP contribution is -2.05. The van der Waals surface area contributed by atoms with Crippen molar-refractivity contribution in [2.45, 2.75) is 13.5 Å². The van der Waals surface area contributed by atoms with E-state index in [4.69, 9.17) is 4.74 Å². The van der Waals surface area contributed by atoms with E-state index in [1.165, 1.54) is 17.4 Å². The number of thiophene rings is 1. The fourth-order valence-electron chi connectivity index (χ4n) is 2.14. The molecule has 0 bridgehead atoms. The predicted molar refractivity (Wildman–Crippen MR) is 79.9 cm³/mol. The van der Waals surface area contributed by atoms with Gasteiger partial charge in [-0.1, -0.05) is 12.1 Å². The minimum absolute atomic E-state index is 0.107. The Bertz CT molecular complexity index is 799. The van der Waals surface area contributed by atoms with E-state index in [2.05, 4.69) is 4.98 Å². The molecule has 0 radical (unpaired) electrons. The molecular weight excluding hydrogens is 289 g/mol. The molecule has 3 rings (SSSR count). The quantitative estimate of drug-likeness (QED) is 0.684. The Kier molecular flexibility index (Phi) is 3.66. The Labute approximate surface area is 125 Å². The molecule has 0 spiro atoms. The zero-order valence-corrected chi connectivity index (χ0v) is 12.1. The molecule has 0 fully saturated rings. The second-order valence-corrected chi connectivity index (χ2v) is 5.62. The predicted octanol–water partition coefficient (Wildman–Crippen LogP) is 4.10. The minimum Gasteiger partial charge on any atom is -0.455 e. The Morgan fingerprint density at radius 1 is 1.29 bits per heavy atom. The third-order valence-corrected chi connectivity index (χ3v) is 4.40. The maximum atomic E-state index is 13.8. The highest BCUT2D eigenvalue weighted by Crippen LogP contribution is 2.33. The van der Waals surface area contributed by atoms with Crippen LogP contribution >= 0.6 is 11.3 Å². The van der Waals surface area contributed by atoms with Crippen molar-refractivity contribution in [1.29, 1.82) is 0 Å². The molecule has 1 aromatic carbocycles. The molecule has 0 saturated heterocycles. The van der Waals surface area contributed by atoms with Gasteiger partial charge in [0.15, 0.2) is 0 Å². The van der Waals surface area contributed by atoms with Crippen molar-refractivity contribution in [2.75, 3.05) is 0 Å². The first-order chi connectivity index (χ1) is 10.2. The van der Waals surface area contributed by atoms with Crippen LogP contribution in [0.1, 0.15) is 20.9 Å². The standard InChI is InChI=1S/C16H12FNO2S/c1-10-14-12(17)6-4-7-13(14)21-15(10)16(19)20-9-11-5-2-3-8-18-11/h2-8H,9H2,1H3. The Morgan fingerprint density at radius 3 is 2.86 bits per heavy atom. The molecule has 0 unspecified atom stereocenters. The van der Waals surface area contributed by atoms with Gasteiger partial charge in [0.1, 0.15) is 17.3 Å². The highest BCUT2D eigenvalue weighted by Gasteiger charge is 2.19. The normalized spacial score (nSPS) is 10.8. The van der Waals surface area contributed by atoms with Crippen LogP contribution in [0.4, 0.5) is 4.39 Å². The first kappa shape index (κ1) is 13.7. The van der Waals surface area contributed by atoms with Gasteiger partial charge < -0.3 is 4.74 Å². The molecule has 3 aromatic rings. The zero-order valence-electron chi connectivity index (χ0n) is 11.3. The van der Waals surface area contributed by atoms with Gasteiger partial charge in [-0.15, -0.1) is 11.3 Å². The Hall–Kier alpha value is -2.27. The number of aryl methyl sites for hydroxylation is 1. The first-order valence-electron chi connectivity index (χ1n) is 6.41. The summed E-state index contributed by atoms with van der Waals surface area (Å²) in [5, 5.41) is 0.493. The van der Waals surface area contributed by atoms with Crippen LogP contribution in [0.15, 0.2) is 42.6 Å². The summed E-state index contributed by atoms with van der Waals surface area (Å²) in [7, 11) is 0. The number of carbonyl (C=O) groups excluding carboxylic acids is 1. The van der Waals surface area contributed by atoms with E-state index in [9.17, 15) is 9.18 Å². The summed E-state index contributed by atoms with van der Waals surface area (Å²) in [6, 6.07) is 10.2. The van der Waals surface area contributed by atoms with Gasteiger partial charge in [-0.3, -0.25) is 4.98 Å². The highest BCUT2D eigenvalue weighted by atomic mass is 32.1. The fourth-order valence-corrected chi connectivity index (χ4v) is 3.25. The van der Waals surface area contributed by atoms with Gasteiger partial charge in [0.25, 0.3) is 0 Å². The summed E-state index contributed by atoms with van der Waals surface area (Å²) in [5.41, 5.74) is 1.30. The number of aromatic nitrogens is 1. The Morgan fingerprint density at radius 2 is 2.14 bits per heavy atom. The van der Waals surface area contributed by atoms with E-state index < -0.39 is 5.97 Å². The summed E-state index contributed by atoms with van der Waals surface area (Å²) in [5.74, 6) is -0.760. The van der Waals surface area contributed by atoms with Crippen molar-refractivity contribution in [1.82, 2.24) is 4.98 Å². The minimum atomic E-state index is -0.446. The maximum Gasteiger partial charge on any atom is 0.349 e. The molecular formula is C16H12FNO2S. The van der Waals surface area contributed by atoms with Crippen molar-refractivity contribution < 1.29 is 13.9 Å². The van der Waals surface area contributed by atoms with E-state index in [1.54, 1.807) is 37.4 Å². The molecule has 0 amide bonds. The summed E-state index contributed by atoms with van der Waals surface area (Å²) < 4.78 is 19.8. The van der Waals surface area contributed by atoms with Gasteiger partial charge in [0.05, 0.1) is 5.69 Å². The molecule has 0 saturated carbocycles. The third kappa shape index (κ3) is 2.64. The largest absolute Gasteiger partial charge is 0.455 e. The van der Waals surface area contributed by atoms with Crippen LogP contribution in [0.2, 0.25) is 0 Å². The number of fused-ring (bicyclic) bond motifs is 1. The molecule has 2 aromatic heterocycles. The molecule has 21 heavy (non-hydrogen) atoms. The fraction of sp³-hybridized carbons (Fsp3) is 0.125. The van der Waals surface area contributed by atoms with E-state index in [0.29, 0.717) is 21.5 Å². The molecule has 2 heterocycles. The summed E-state index contributed by atoms with van der Waals surface area (Å²) in [4.78, 5) is 16.7. The second-order valence-electron chi connectivity index (χ2n) is 4.57. The first-order valence-corrected chi connectivity index (χ1v) is 7.23.